The molecule has 5 heteroatoms. The molecule has 1 aromatic rings. The Morgan fingerprint density at radius 2 is 2.52 bits per heavy atom. The first-order valence-corrected chi connectivity index (χ1v) is 7.40. The fraction of sp³-hybridized carbons (Fsp3) is 0.611. The highest BCUT2D eigenvalue weighted by atomic mass is 16.5. The molecule has 1 saturated heterocycles. The van der Waals surface area contributed by atoms with Crippen molar-refractivity contribution >= 4 is 5.78 Å². The minimum atomic E-state index is -3.08. The minimum absolute atomic E-state index is 0.0458. The van der Waals surface area contributed by atoms with Crippen LogP contribution in [0.15, 0.2) is 12.1 Å². The van der Waals surface area contributed by atoms with E-state index in [9.17, 15) is 9.90 Å². The van der Waals surface area contributed by atoms with Crippen LogP contribution in [0.3, 0.4) is 0 Å². The van der Waals surface area contributed by atoms with Crippen molar-refractivity contribution in [3.8, 4) is 11.5 Å². The standard InChI is InChI=1S/C18H21NO4/c1-19-8-7-17-14-10-3-4-12(22-2)15(14)23-16(17)11(20)5-6-18(17,21)13(19)9-10/h3-4,13,16,21H,5-9H2,1-2H3/t13-,16?,17+,18-/m1/s1/i1D3,2D3,3D,4D,5D2,16D. The monoisotopic (exact) mass is 326 g/mol. The Morgan fingerprint density at radius 3 is 3.35 bits per heavy atom. The molecule has 4 aliphatic rings. The molecule has 2 heterocycles. The summed E-state index contributed by atoms with van der Waals surface area (Å²) in [5.74, 6) is -2.48. The second kappa shape index (κ2) is 4.08. The van der Waals surface area contributed by atoms with Crippen molar-refractivity contribution in [2.75, 3.05) is 20.6 Å². The van der Waals surface area contributed by atoms with Gasteiger partial charge < -0.3 is 19.5 Å². The van der Waals surface area contributed by atoms with E-state index in [-0.39, 0.29) is 30.5 Å². The van der Waals surface area contributed by atoms with E-state index in [1.54, 1.807) is 0 Å². The van der Waals surface area contributed by atoms with Crippen LogP contribution in [0.2, 0.25) is 0 Å². The van der Waals surface area contributed by atoms with Gasteiger partial charge in [-0.2, -0.15) is 0 Å². The number of Topliss-reactive ketones (excluding diaryl/α,β-unsaturated/α-hetero) is 1. The normalized spacial score (nSPS) is 54.0. The minimum Gasteiger partial charge on any atom is -0.493 e. The number of ketones is 1. The number of rotatable bonds is 1. The molecule has 1 N–H and O–H groups in total. The average molecular weight is 326 g/mol. The van der Waals surface area contributed by atoms with E-state index in [1.807, 2.05) is 0 Å². The summed E-state index contributed by atoms with van der Waals surface area (Å²) in [6, 6.07) is -2.50. The van der Waals surface area contributed by atoms with Gasteiger partial charge in [0, 0.05) is 24.8 Å². The SMILES string of the molecule is [2H]c1c([2H])c(OC([2H])([2H])[2H])c2c3c1C[C@H]1N(C([2H])([2H])[2H])CC[C@@]34C([2H])(O2)C(=O)C([2H])([2H])C[C@@]14O. The van der Waals surface area contributed by atoms with Gasteiger partial charge in [0.25, 0.3) is 0 Å². The number of aliphatic hydroxyl groups is 1. The largest absolute Gasteiger partial charge is 0.493 e. The molecule has 1 spiro atoms. The molecule has 2 aliphatic heterocycles. The van der Waals surface area contributed by atoms with Gasteiger partial charge in [-0.3, -0.25) is 4.79 Å². The number of ether oxygens (including phenoxy) is 2. The highest BCUT2D eigenvalue weighted by molar-refractivity contribution is 5.90. The van der Waals surface area contributed by atoms with Crippen LogP contribution in [-0.4, -0.2) is 54.1 Å². The predicted molar refractivity (Wildman–Crippen MR) is 83.0 cm³/mol. The van der Waals surface area contributed by atoms with Crippen molar-refractivity contribution in [1.29, 1.82) is 0 Å². The van der Waals surface area contributed by atoms with Gasteiger partial charge in [0.15, 0.2) is 23.4 Å². The van der Waals surface area contributed by atoms with Gasteiger partial charge in [-0.25, -0.2) is 0 Å². The number of piperidine rings is 1. The Kier molecular flexibility index (Phi) is 1.19. The fourth-order valence-electron chi connectivity index (χ4n) is 4.71. The Morgan fingerprint density at radius 1 is 1.61 bits per heavy atom. The van der Waals surface area contributed by atoms with Gasteiger partial charge in [0.05, 0.1) is 26.3 Å². The highest BCUT2D eigenvalue weighted by Gasteiger charge is 2.72. The number of likely N-dealkylation sites (N-methyl/N-ethyl adjacent to an activating group) is 1. The van der Waals surface area contributed by atoms with Gasteiger partial charge in [-0.15, -0.1) is 0 Å². The van der Waals surface area contributed by atoms with Gasteiger partial charge >= 0.3 is 0 Å². The van der Waals surface area contributed by atoms with E-state index in [4.69, 9.17) is 24.6 Å². The number of methoxy groups -OCH3 is 1. The van der Waals surface area contributed by atoms with E-state index < -0.39 is 79.3 Å². The summed E-state index contributed by atoms with van der Waals surface area (Å²) >= 11 is 0. The lowest BCUT2D eigenvalue weighted by molar-refractivity contribution is -0.185. The number of hydrogen-bond donors (Lipinski definition) is 1. The van der Waals surface area contributed by atoms with Crippen molar-refractivity contribution in [1.82, 2.24) is 4.90 Å². The maximum Gasteiger partial charge on any atom is 0.174 e. The second-order valence-electron chi connectivity index (χ2n) is 6.47. The van der Waals surface area contributed by atoms with Crippen molar-refractivity contribution in [2.24, 2.45) is 0 Å². The third-order valence-corrected chi connectivity index (χ3v) is 5.70. The Labute approximate surface area is 150 Å². The molecule has 0 radical (unpaired) electrons. The molecule has 23 heavy (non-hydrogen) atoms. The summed E-state index contributed by atoms with van der Waals surface area (Å²) in [5, 5.41) is 12.1. The maximum absolute atomic E-state index is 13.3. The highest BCUT2D eigenvalue weighted by Crippen LogP contribution is 2.64. The number of hydrogen-bond acceptors (Lipinski definition) is 5. The molecule has 2 aliphatic carbocycles. The smallest absolute Gasteiger partial charge is 0.174 e. The summed E-state index contributed by atoms with van der Waals surface area (Å²) in [6.45, 7) is -2.91. The number of nitrogens with zero attached hydrogens (tertiary/aromatic N) is 1. The first-order chi connectivity index (χ1) is 15.3. The zero-order valence-electron chi connectivity index (χ0n) is 23.0. The third-order valence-electron chi connectivity index (χ3n) is 5.70. The predicted octanol–water partition coefficient (Wildman–Crippen LogP) is 1.05. The lowest BCUT2D eigenvalue weighted by Crippen LogP contribution is -2.76. The van der Waals surface area contributed by atoms with Crippen LogP contribution in [0.4, 0.5) is 0 Å². The number of likely N-dealkylation sites (tertiary alicyclic amines) is 1. The summed E-state index contributed by atoms with van der Waals surface area (Å²) in [6.07, 6.45) is -7.00. The van der Waals surface area contributed by atoms with Crippen LogP contribution in [0.1, 0.15) is 45.4 Å². The molecule has 4 atom stereocenters. The molecule has 1 unspecified atom stereocenters. The van der Waals surface area contributed by atoms with Crippen LogP contribution < -0.4 is 9.47 Å². The van der Waals surface area contributed by atoms with Crippen molar-refractivity contribution < 1.29 is 34.5 Å². The lowest BCUT2D eigenvalue weighted by atomic mass is 9.49. The Bertz CT molecular complexity index is 1130. The molecule has 1 saturated carbocycles. The van der Waals surface area contributed by atoms with Gasteiger partial charge in [0.1, 0.15) is 0 Å². The van der Waals surface area contributed by atoms with Crippen molar-refractivity contribution in [3.63, 3.8) is 0 Å². The molecule has 1 aromatic carbocycles. The first-order valence-electron chi connectivity index (χ1n) is 12.9. The van der Waals surface area contributed by atoms with Crippen LogP contribution in [0.25, 0.3) is 0 Å². The summed E-state index contributed by atoms with van der Waals surface area (Å²) < 4.78 is 99.3. The molecule has 122 valence electrons. The second-order valence-corrected chi connectivity index (χ2v) is 6.47. The van der Waals surface area contributed by atoms with E-state index in [2.05, 4.69) is 0 Å². The third kappa shape index (κ3) is 1.32. The summed E-state index contributed by atoms with van der Waals surface area (Å²) in [7, 11) is -3.08. The zero-order chi connectivity index (χ0) is 25.4. The quantitative estimate of drug-likeness (QED) is 0.836. The molecule has 5 nitrogen and oxygen atoms in total. The van der Waals surface area contributed by atoms with Crippen LogP contribution >= 0.6 is 0 Å². The van der Waals surface area contributed by atoms with E-state index in [0.29, 0.717) is 0 Å². The fourth-order valence-corrected chi connectivity index (χ4v) is 4.71. The molecule has 0 aromatic heterocycles. The molecular weight excluding hydrogens is 294 g/mol. The van der Waals surface area contributed by atoms with Crippen molar-refractivity contribution in [2.45, 2.75) is 48.8 Å². The van der Waals surface area contributed by atoms with E-state index in [0.717, 1.165) is 4.90 Å². The maximum atomic E-state index is 13.3. The molecule has 2 bridgehead atoms. The summed E-state index contributed by atoms with van der Waals surface area (Å²) in [5.41, 5.74) is -4.28. The Balaban J connectivity index is 1.89. The number of carbonyl (C=O) groups is 1. The van der Waals surface area contributed by atoms with Crippen LogP contribution in [0.5, 0.6) is 11.5 Å². The van der Waals surface area contributed by atoms with Gasteiger partial charge in [0.2, 0.25) is 0 Å². The van der Waals surface area contributed by atoms with Gasteiger partial charge in [-0.1, -0.05) is 6.04 Å². The van der Waals surface area contributed by atoms with E-state index in [1.165, 1.54) is 0 Å². The molecule has 2 fully saturated rings. The van der Waals surface area contributed by atoms with Gasteiger partial charge in [-0.05, 0) is 44.4 Å². The van der Waals surface area contributed by atoms with Crippen LogP contribution in [-0.2, 0) is 16.6 Å². The molecule has 0 amide bonds. The average Bonchev–Trinajstić information content (AvgIpc) is 2.91. The molecule has 5 rings (SSSR count). The first kappa shape index (κ1) is 6.73. The lowest BCUT2D eigenvalue weighted by Gasteiger charge is -2.62. The van der Waals surface area contributed by atoms with E-state index >= 15 is 0 Å². The number of carbonyl (C=O) groups excluding carboxylic acids is 1. The summed E-state index contributed by atoms with van der Waals surface area (Å²) in [4.78, 5) is 14.3. The topological polar surface area (TPSA) is 59.0 Å². The van der Waals surface area contributed by atoms with Crippen molar-refractivity contribution in [3.05, 3.63) is 23.2 Å². The molecular formula is C18H21NO4. The zero-order valence-corrected chi connectivity index (χ0v) is 12.0. The Hall–Kier alpha value is -1.59. The van der Waals surface area contributed by atoms with Crippen LogP contribution in [0, 0.1) is 0 Å². The number of benzene rings is 1.